The quantitative estimate of drug-likeness (QED) is 0.799. The van der Waals surface area contributed by atoms with Crippen molar-refractivity contribution in [1.82, 2.24) is 4.98 Å². The van der Waals surface area contributed by atoms with Gasteiger partial charge in [-0.15, -0.1) is 0 Å². The van der Waals surface area contributed by atoms with E-state index in [0.29, 0.717) is 0 Å². The molecule has 144 valence electrons. The number of amides is 1. The van der Waals surface area contributed by atoms with Crippen LogP contribution in [0.2, 0.25) is 0 Å². The van der Waals surface area contributed by atoms with Crippen molar-refractivity contribution in [3.63, 3.8) is 0 Å². The van der Waals surface area contributed by atoms with E-state index in [1.165, 1.54) is 12.1 Å². The Labute approximate surface area is 161 Å². The number of benzene rings is 1. The minimum Gasteiger partial charge on any atom is -0.483 e. The predicted molar refractivity (Wildman–Crippen MR) is 110 cm³/mol. The monoisotopic (exact) mass is 367 g/mol. The van der Waals surface area contributed by atoms with Crippen LogP contribution in [0.3, 0.4) is 0 Å². The highest BCUT2D eigenvalue weighted by molar-refractivity contribution is 5.92. The first kappa shape index (κ1) is 19.2. The maximum atomic E-state index is 12.4. The minimum atomic E-state index is -0.143. The Morgan fingerprint density at radius 1 is 1.19 bits per heavy atom. The molecule has 0 fully saturated rings. The lowest BCUT2D eigenvalue weighted by Crippen LogP contribution is -2.23. The van der Waals surface area contributed by atoms with Crippen LogP contribution in [0.5, 0.6) is 5.75 Å². The maximum absolute atomic E-state index is 12.4. The Morgan fingerprint density at radius 3 is 2.70 bits per heavy atom. The maximum Gasteiger partial charge on any atom is 0.262 e. The van der Waals surface area contributed by atoms with Gasteiger partial charge in [-0.1, -0.05) is 0 Å². The number of carbonyl (C=O) groups excluding carboxylic acids is 1. The number of carbonyl (C=O) groups is 1. The number of rotatable bonds is 7. The molecule has 1 heterocycles. The molecule has 0 radical (unpaired) electrons. The van der Waals surface area contributed by atoms with E-state index >= 15 is 0 Å². The van der Waals surface area contributed by atoms with Gasteiger partial charge in [0, 0.05) is 41.9 Å². The van der Waals surface area contributed by atoms with Crippen LogP contribution in [0.1, 0.15) is 43.5 Å². The summed E-state index contributed by atoms with van der Waals surface area (Å²) in [6.07, 6.45) is 6.07. The van der Waals surface area contributed by atoms with Gasteiger partial charge in [-0.05, 0) is 76.3 Å². The van der Waals surface area contributed by atoms with Crippen molar-refractivity contribution in [3.8, 4) is 5.75 Å². The number of hydrogen-bond donors (Lipinski definition) is 1. The van der Waals surface area contributed by atoms with Crippen LogP contribution < -0.4 is 15.0 Å². The molecule has 1 N–H and O–H groups in total. The lowest BCUT2D eigenvalue weighted by Gasteiger charge is -2.22. The molecule has 0 saturated heterocycles. The van der Waals surface area contributed by atoms with Gasteiger partial charge in [0.15, 0.2) is 6.61 Å². The average molecular weight is 367 g/mol. The summed E-state index contributed by atoms with van der Waals surface area (Å²) >= 11 is 0. The molecule has 0 saturated carbocycles. The molecule has 0 unspecified atom stereocenters. The fourth-order valence-electron chi connectivity index (χ4n) is 3.63. The first-order chi connectivity index (χ1) is 13.1. The molecule has 2 aromatic rings. The number of pyridine rings is 1. The van der Waals surface area contributed by atoms with E-state index in [2.05, 4.69) is 41.2 Å². The molecule has 1 aliphatic carbocycles. The molecule has 0 aliphatic heterocycles. The molecule has 1 aliphatic rings. The van der Waals surface area contributed by atoms with Gasteiger partial charge < -0.3 is 15.0 Å². The van der Waals surface area contributed by atoms with Crippen molar-refractivity contribution in [2.75, 3.05) is 29.9 Å². The van der Waals surface area contributed by atoms with Gasteiger partial charge in [0.1, 0.15) is 5.75 Å². The molecular weight excluding hydrogens is 338 g/mol. The Kier molecular flexibility index (Phi) is 6.32. The van der Waals surface area contributed by atoms with Gasteiger partial charge in [-0.2, -0.15) is 0 Å². The molecule has 1 amide bonds. The molecule has 3 rings (SSSR count). The summed E-state index contributed by atoms with van der Waals surface area (Å²) in [4.78, 5) is 19.1. The minimum absolute atomic E-state index is 0.00763. The van der Waals surface area contributed by atoms with Crippen molar-refractivity contribution < 1.29 is 9.53 Å². The largest absolute Gasteiger partial charge is 0.483 e. The Bertz CT molecular complexity index is 800. The number of nitrogens with one attached hydrogen (secondary N) is 1. The van der Waals surface area contributed by atoms with Gasteiger partial charge in [0.05, 0.1) is 0 Å². The molecule has 1 aromatic heterocycles. The third kappa shape index (κ3) is 4.59. The average Bonchev–Trinajstić information content (AvgIpc) is 2.69. The SMILES string of the molecule is CCN(CC)c1ccc(NC(=O)COc2ccnc3c2CCCC3)c(C)c1. The van der Waals surface area contributed by atoms with Crippen LogP contribution in [0, 0.1) is 6.92 Å². The van der Waals surface area contributed by atoms with E-state index in [1.54, 1.807) is 6.20 Å². The molecule has 0 spiro atoms. The number of ether oxygens (including phenoxy) is 1. The highest BCUT2D eigenvalue weighted by Gasteiger charge is 2.16. The second kappa shape index (κ2) is 8.89. The van der Waals surface area contributed by atoms with Gasteiger partial charge in [-0.3, -0.25) is 9.78 Å². The van der Waals surface area contributed by atoms with Crippen molar-refractivity contribution in [2.24, 2.45) is 0 Å². The van der Waals surface area contributed by atoms with Crippen LogP contribution in [0.4, 0.5) is 11.4 Å². The van der Waals surface area contributed by atoms with Crippen LogP contribution >= 0.6 is 0 Å². The molecular formula is C22H29N3O2. The second-order valence-electron chi connectivity index (χ2n) is 6.95. The number of anilines is 2. The Morgan fingerprint density at radius 2 is 1.96 bits per heavy atom. The third-order valence-corrected chi connectivity index (χ3v) is 5.16. The topological polar surface area (TPSA) is 54.5 Å². The summed E-state index contributed by atoms with van der Waals surface area (Å²) in [5.74, 6) is 0.651. The molecule has 5 nitrogen and oxygen atoms in total. The summed E-state index contributed by atoms with van der Waals surface area (Å²) in [5.41, 5.74) is 5.33. The lowest BCUT2D eigenvalue weighted by atomic mass is 9.95. The zero-order chi connectivity index (χ0) is 19.2. The number of nitrogens with zero attached hydrogens (tertiary/aromatic N) is 2. The summed E-state index contributed by atoms with van der Waals surface area (Å²) in [5, 5.41) is 2.96. The number of aryl methyl sites for hydroxylation is 2. The summed E-state index contributed by atoms with van der Waals surface area (Å²) in [6.45, 7) is 8.24. The van der Waals surface area contributed by atoms with Crippen molar-refractivity contribution in [1.29, 1.82) is 0 Å². The second-order valence-corrected chi connectivity index (χ2v) is 6.95. The Balaban J connectivity index is 1.62. The summed E-state index contributed by atoms with van der Waals surface area (Å²) in [7, 11) is 0. The summed E-state index contributed by atoms with van der Waals surface area (Å²) < 4.78 is 5.81. The van der Waals surface area contributed by atoms with E-state index in [1.807, 2.05) is 19.1 Å². The van der Waals surface area contributed by atoms with E-state index in [4.69, 9.17) is 4.74 Å². The molecule has 0 atom stereocenters. The third-order valence-electron chi connectivity index (χ3n) is 5.16. The zero-order valence-electron chi connectivity index (χ0n) is 16.5. The molecule has 0 bridgehead atoms. The van der Waals surface area contributed by atoms with Crippen LogP contribution in [0.25, 0.3) is 0 Å². The Hall–Kier alpha value is -2.56. The fraction of sp³-hybridized carbons (Fsp3) is 0.455. The lowest BCUT2D eigenvalue weighted by molar-refractivity contribution is -0.118. The smallest absolute Gasteiger partial charge is 0.262 e. The van der Waals surface area contributed by atoms with Gasteiger partial charge in [-0.25, -0.2) is 0 Å². The summed E-state index contributed by atoms with van der Waals surface area (Å²) in [6, 6.07) is 8.00. The number of aromatic nitrogens is 1. The molecule has 27 heavy (non-hydrogen) atoms. The first-order valence-corrected chi connectivity index (χ1v) is 9.87. The first-order valence-electron chi connectivity index (χ1n) is 9.87. The van der Waals surface area contributed by atoms with E-state index < -0.39 is 0 Å². The molecule has 5 heteroatoms. The van der Waals surface area contributed by atoms with Crippen molar-refractivity contribution in [2.45, 2.75) is 46.5 Å². The van der Waals surface area contributed by atoms with Gasteiger partial charge in [0.25, 0.3) is 5.91 Å². The van der Waals surface area contributed by atoms with Gasteiger partial charge in [0.2, 0.25) is 0 Å². The van der Waals surface area contributed by atoms with E-state index in [0.717, 1.165) is 60.6 Å². The highest BCUT2D eigenvalue weighted by Crippen LogP contribution is 2.28. The van der Waals surface area contributed by atoms with Crippen molar-refractivity contribution in [3.05, 3.63) is 47.3 Å². The predicted octanol–water partition coefficient (Wildman–Crippen LogP) is 4.13. The van der Waals surface area contributed by atoms with E-state index in [9.17, 15) is 4.79 Å². The number of fused-ring (bicyclic) bond motifs is 1. The van der Waals surface area contributed by atoms with Crippen LogP contribution in [0.15, 0.2) is 30.5 Å². The van der Waals surface area contributed by atoms with Gasteiger partial charge >= 0.3 is 0 Å². The van der Waals surface area contributed by atoms with Crippen LogP contribution in [-0.4, -0.2) is 30.6 Å². The zero-order valence-corrected chi connectivity index (χ0v) is 16.5. The molecule has 1 aromatic carbocycles. The van der Waals surface area contributed by atoms with Crippen molar-refractivity contribution >= 4 is 17.3 Å². The van der Waals surface area contributed by atoms with Crippen LogP contribution in [-0.2, 0) is 17.6 Å². The standard InChI is InChI=1S/C22H29N3O2/c1-4-25(5-2)17-10-11-19(16(3)14-17)24-22(26)15-27-21-12-13-23-20-9-7-6-8-18(20)21/h10-14H,4-9,15H2,1-3H3,(H,24,26). The highest BCUT2D eigenvalue weighted by atomic mass is 16.5. The number of hydrogen-bond acceptors (Lipinski definition) is 4. The normalized spacial score (nSPS) is 13.0. The fourth-order valence-corrected chi connectivity index (χ4v) is 3.63. The van der Waals surface area contributed by atoms with E-state index in [-0.39, 0.29) is 12.5 Å².